The van der Waals surface area contributed by atoms with Crippen molar-refractivity contribution in [1.82, 2.24) is 19.8 Å². The maximum Gasteiger partial charge on any atom is 0.414 e. The fraction of sp³-hybridized carbons (Fsp3) is 0.261. The number of nitrogens with one attached hydrogen (secondary N) is 1. The lowest BCUT2D eigenvalue weighted by molar-refractivity contribution is -0.119. The molecule has 4 rings (SSSR count). The van der Waals surface area contributed by atoms with Crippen molar-refractivity contribution in [2.75, 3.05) is 18.0 Å². The van der Waals surface area contributed by atoms with Crippen LogP contribution in [0, 0.1) is 5.82 Å². The van der Waals surface area contributed by atoms with Gasteiger partial charge in [0.15, 0.2) is 0 Å². The molecular weight excluding hydrogens is 475 g/mol. The van der Waals surface area contributed by atoms with Crippen molar-refractivity contribution in [2.24, 2.45) is 5.73 Å². The van der Waals surface area contributed by atoms with Gasteiger partial charge in [0.2, 0.25) is 5.91 Å². The molecule has 1 fully saturated rings. The molecule has 3 aromatic rings. The van der Waals surface area contributed by atoms with Crippen LogP contribution in [0.5, 0.6) is 0 Å². The highest BCUT2D eigenvalue weighted by atomic mass is 32.1. The number of rotatable bonds is 8. The van der Waals surface area contributed by atoms with E-state index in [4.69, 9.17) is 10.5 Å². The Morgan fingerprint density at radius 2 is 2.03 bits per heavy atom. The highest BCUT2D eigenvalue weighted by Crippen LogP contribution is 2.29. The molecule has 35 heavy (non-hydrogen) atoms. The topological polar surface area (TPSA) is 131 Å². The molecule has 1 unspecified atom stereocenters. The maximum atomic E-state index is 15.0. The van der Waals surface area contributed by atoms with E-state index in [1.165, 1.54) is 34.3 Å². The van der Waals surface area contributed by atoms with E-state index >= 15 is 0 Å². The number of urea groups is 1. The van der Waals surface area contributed by atoms with Gasteiger partial charge in [-0.2, -0.15) is 0 Å². The summed E-state index contributed by atoms with van der Waals surface area (Å²) in [6.07, 6.45) is -1.10. The van der Waals surface area contributed by atoms with E-state index in [1.807, 2.05) is 0 Å². The number of ether oxygens (including phenoxy) is 1. The number of cyclic esters (lactones) is 1. The van der Waals surface area contributed by atoms with Gasteiger partial charge in [-0.3, -0.25) is 9.69 Å². The quantitative estimate of drug-likeness (QED) is 0.491. The number of nitrogens with two attached hydrogens (primary N) is 1. The molecule has 2 aromatic carbocycles. The fourth-order valence-corrected chi connectivity index (χ4v) is 4.12. The molecule has 0 spiro atoms. The number of benzene rings is 2. The molecule has 10 nitrogen and oxygen atoms in total. The van der Waals surface area contributed by atoms with Gasteiger partial charge in [0.25, 0.3) is 0 Å². The third kappa shape index (κ3) is 5.90. The van der Waals surface area contributed by atoms with Crippen molar-refractivity contribution in [3.63, 3.8) is 0 Å². The van der Waals surface area contributed by atoms with Gasteiger partial charge >= 0.3 is 12.1 Å². The fourth-order valence-electron chi connectivity index (χ4n) is 3.67. The van der Waals surface area contributed by atoms with Gasteiger partial charge in [-0.1, -0.05) is 28.8 Å². The summed E-state index contributed by atoms with van der Waals surface area (Å²) in [5, 5.41) is 8.28. The third-order valence-electron chi connectivity index (χ3n) is 5.43. The van der Waals surface area contributed by atoms with Crippen LogP contribution in [0.1, 0.15) is 18.2 Å². The van der Waals surface area contributed by atoms with Crippen molar-refractivity contribution < 1.29 is 23.5 Å². The third-order valence-corrected chi connectivity index (χ3v) is 5.98. The van der Waals surface area contributed by atoms with Crippen LogP contribution in [0.3, 0.4) is 0 Å². The SMILES string of the molecule is CC(=O)NCC1CN(c2ccc(-c3ccc(CN(Cc4csnn4)C(N)=O)cc3)c(F)c2)C(=O)O1. The first kappa shape index (κ1) is 24.1. The molecule has 0 radical (unpaired) electrons. The molecule has 1 saturated heterocycles. The molecule has 4 amide bonds. The van der Waals surface area contributed by atoms with E-state index in [-0.39, 0.29) is 32.1 Å². The minimum Gasteiger partial charge on any atom is -0.442 e. The molecule has 12 heteroatoms. The largest absolute Gasteiger partial charge is 0.442 e. The summed E-state index contributed by atoms with van der Waals surface area (Å²) in [4.78, 5) is 37.9. The Morgan fingerprint density at radius 3 is 2.66 bits per heavy atom. The first-order valence-corrected chi connectivity index (χ1v) is 11.6. The number of carbonyl (C=O) groups excluding carboxylic acids is 3. The van der Waals surface area contributed by atoms with Crippen molar-refractivity contribution >= 4 is 35.3 Å². The van der Waals surface area contributed by atoms with Crippen molar-refractivity contribution in [2.45, 2.75) is 26.1 Å². The monoisotopic (exact) mass is 498 g/mol. The molecule has 2 heterocycles. The second kappa shape index (κ2) is 10.5. The second-order valence-electron chi connectivity index (χ2n) is 8.01. The minimum absolute atomic E-state index is 0.193. The molecule has 3 N–H and O–H groups in total. The van der Waals surface area contributed by atoms with Crippen LogP contribution in [0.2, 0.25) is 0 Å². The molecule has 1 aliphatic rings. The van der Waals surface area contributed by atoms with Gasteiger partial charge in [-0.15, -0.1) is 5.10 Å². The summed E-state index contributed by atoms with van der Waals surface area (Å²) in [5.41, 5.74) is 8.33. The molecule has 1 aliphatic heterocycles. The second-order valence-corrected chi connectivity index (χ2v) is 8.61. The van der Waals surface area contributed by atoms with E-state index in [9.17, 15) is 18.8 Å². The summed E-state index contributed by atoms with van der Waals surface area (Å²) < 4.78 is 24.0. The zero-order chi connectivity index (χ0) is 24.9. The first-order valence-electron chi connectivity index (χ1n) is 10.7. The van der Waals surface area contributed by atoms with Crippen LogP contribution < -0.4 is 16.0 Å². The number of carbonyl (C=O) groups is 3. The van der Waals surface area contributed by atoms with Crippen LogP contribution in [0.4, 0.5) is 19.7 Å². The van der Waals surface area contributed by atoms with Crippen molar-refractivity contribution in [3.8, 4) is 11.1 Å². The van der Waals surface area contributed by atoms with E-state index in [1.54, 1.807) is 41.8 Å². The summed E-state index contributed by atoms with van der Waals surface area (Å²) in [6, 6.07) is 11.0. The maximum absolute atomic E-state index is 15.0. The highest BCUT2D eigenvalue weighted by molar-refractivity contribution is 7.03. The lowest BCUT2D eigenvalue weighted by Gasteiger charge is -2.19. The molecule has 182 valence electrons. The Labute approximate surface area is 204 Å². The van der Waals surface area contributed by atoms with Crippen LogP contribution in [0.15, 0.2) is 47.8 Å². The predicted octanol–water partition coefficient (Wildman–Crippen LogP) is 2.89. The summed E-state index contributed by atoms with van der Waals surface area (Å²) >= 11 is 1.19. The van der Waals surface area contributed by atoms with Gasteiger partial charge < -0.3 is 20.7 Å². The standard InChI is InChI=1S/C23H23FN6O4S/c1-14(31)26-9-19-12-30(23(33)34-19)18-6-7-20(21(24)8-18)16-4-2-15(3-5-16)10-29(22(25)32)11-17-13-35-28-27-17/h2-8,13,19H,9-12H2,1H3,(H2,25,32)(H,26,31). The first-order chi connectivity index (χ1) is 16.8. The molecule has 1 atom stereocenters. The Balaban J connectivity index is 1.43. The zero-order valence-electron chi connectivity index (χ0n) is 18.8. The van der Waals surface area contributed by atoms with E-state index < -0.39 is 24.0 Å². The number of nitrogens with zero attached hydrogens (tertiary/aromatic N) is 4. The normalized spacial score (nSPS) is 15.1. The molecule has 0 aliphatic carbocycles. The summed E-state index contributed by atoms with van der Waals surface area (Å²) in [7, 11) is 0. The number of halogens is 1. The van der Waals surface area contributed by atoms with Gasteiger partial charge in [0.05, 0.1) is 31.0 Å². The lowest BCUT2D eigenvalue weighted by atomic mass is 10.0. The number of aromatic nitrogens is 2. The van der Waals surface area contributed by atoms with Crippen LogP contribution in [-0.2, 0) is 22.6 Å². The molecule has 0 bridgehead atoms. The summed E-state index contributed by atoms with van der Waals surface area (Å²) in [5.74, 6) is -0.719. The van der Waals surface area contributed by atoms with Gasteiger partial charge in [-0.25, -0.2) is 14.0 Å². The minimum atomic E-state index is -0.593. The average Bonchev–Trinajstić information content (AvgIpc) is 3.47. The predicted molar refractivity (Wildman–Crippen MR) is 127 cm³/mol. The number of amides is 4. The Kier molecular flexibility index (Phi) is 7.20. The number of primary amides is 1. The number of anilines is 1. The zero-order valence-corrected chi connectivity index (χ0v) is 19.6. The Morgan fingerprint density at radius 1 is 1.26 bits per heavy atom. The van der Waals surface area contributed by atoms with Gasteiger partial charge in [0.1, 0.15) is 11.9 Å². The van der Waals surface area contributed by atoms with E-state index in [0.717, 1.165) is 5.56 Å². The Bertz CT molecular complexity index is 1220. The number of hydrogen-bond donors (Lipinski definition) is 2. The summed E-state index contributed by atoms with van der Waals surface area (Å²) in [6.45, 7) is 2.29. The molecular formula is C23H23FN6O4S. The highest BCUT2D eigenvalue weighted by Gasteiger charge is 2.32. The van der Waals surface area contributed by atoms with Gasteiger partial charge in [-0.05, 0) is 40.9 Å². The Hall–Kier alpha value is -4.06. The number of hydrogen-bond acceptors (Lipinski definition) is 7. The van der Waals surface area contributed by atoms with Crippen molar-refractivity contribution in [3.05, 3.63) is 64.9 Å². The van der Waals surface area contributed by atoms with Crippen LogP contribution in [0.25, 0.3) is 11.1 Å². The smallest absolute Gasteiger partial charge is 0.414 e. The molecule has 0 saturated carbocycles. The molecule has 1 aromatic heterocycles. The van der Waals surface area contributed by atoms with Crippen LogP contribution in [-0.4, -0.2) is 51.7 Å². The van der Waals surface area contributed by atoms with Crippen LogP contribution >= 0.6 is 11.5 Å². The lowest BCUT2D eigenvalue weighted by Crippen LogP contribution is -2.34. The van der Waals surface area contributed by atoms with E-state index in [2.05, 4.69) is 14.9 Å². The van der Waals surface area contributed by atoms with Crippen molar-refractivity contribution in [1.29, 1.82) is 0 Å². The van der Waals surface area contributed by atoms with E-state index in [0.29, 0.717) is 22.5 Å². The average molecular weight is 499 g/mol. The van der Waals surface area contributed by atoms with Gasteiger partial charge in [0, 0.05) is 24.4 Å².